The molecule has 6 heteroatoms. The van der Waals surface area contributed by atoms with Gasteiger partial charge in [-0.1, -0.05) is 12.5 Å². The molecule has 27 heavy (non-hydrogen) atoms. The second kappa shape index (κ2) is 7.71. The third-order valence-electron chi connectivity index (χ3n) is 5.91. The summed E-state index contributed by atoms with van der Waals surface area (Å²) >= 11 is 0. The van der Waals surface area contributed by atoms with E-state index in [1.165, 1.54) is 32.4 Å². The topological polar surface area (TPSA) is 47.4 Å². The van der Waals surface area contributed by atoms with Crippen molar-refractivity contribution in [3.05, 3.63) is 47.8 Å². The number of ether oxygens (including phenoxy) is 1. The summed E-state index contributed by atoms with van der Waals surface area (Å²) in [7, 11) is 1.46. The zero-order valence-electron chi connectivity index (χ0n) is 15.7. The summed E-state index contributed by atoms with van der Waals surface area (Å²) in [5.41, 5.74) is 0.0264. The number of methoxy groups -OCH3 is 1. The van der Waals surface area contributed by atoms with Gasteiger partial charge in [-0.2, -0.15) is 0 Å². The van der Waals surface area contributed by atoms with Gasteiger partial charge in [0.05, 0.1) is 7.11 Å². The van der Waals surface area contributed by atoms with Gasteiger partial charge in [0.25, 0.3) is 5.91 Å². The summed E-state index contributed by atoms with van der Waals surface area (Å²) in [6.07, 6.45) is 9.71. The molecule has 1 unspecified atom stereocenters. The Morgan fingerprint density at radius 1 is 1.30 bits per heavy atom. The van der Waals surface area contributed by atoms with E-state index in [-0.39, 0.29) is 23.1 Å². The number of aromatic nitrogens is 2. The summed E-state index contributed by atoms with van der Waals surface area (Å²) < 4.78 is 21.8. The van der Waals surface area contributed by atoms with Crippen LogP contribution in [0.3, 0.4) is 0 Å². The minimum Gasteiger partial charge on any atom is -0.496 e. The van der Waals surface area contributed by atoms with E-state index in [1.54, 1.807) is 17.0 Å². The monoisotopic (exact) mass is 371 g/mol. The van der Waals surface area contributed by atoms with E-state index < -0.39 is 5.82 Å². The summed E-state index contributed by atoms with van der Waals surface area (Å²) in [4.78, 5) is 19.4. The lowest BCUT2D eigenvalue weighted by Crippen LogP contribution is -2.40. The SMILES string of the molecule is COc1cccc(F)c1C(=O)N1CCCC(c2nccn2CC2CCC2)C1. The molecule has 0 spiro atoms. The molecule has 2 aliphatic rings. The zero-order chi connectivity index (χ0) is 18.8. The van der Waals surface area contributed by atoms with Crippen molar-refractivity contribution in [1.82, 2.24) is 14.5 Å². The Bertz CT molecular complexity index is 816. The van der Waals surface area contributed by atoms with Crippen LogP contribution in [0.2, 0.25) is 0 Å². The molecule has 1 atom stereocenters. The Morgan fingerprint density at radius 2 is 2.15 bits per heavy atom. The van der Waals surface area contributed by atoms with E-state index in [1.807, 2.05) is 12.4 Å². The normalized spacial score (nSPS) is 20.4. The number of imidazole rings is 1. The van der Waals surface area contributed by atoms with Crippen LogP contribution in [0.4, 0.5) is 4.39 Å². The van der Waals surface area contributed by atoms with E-state index >= 15 is 0 Å². The molecular formula is C21H26FN3O2. The maximum absolute atomic E-state index is 14.3. The number of carbonyl (C=O) groups excluding carboxylic acids is 1. The summed E-state index contributed by atoms with van der Waals surface area (Å²) in [6, 6.07) is 4.49. The molecule has 2 fully saturated rings. The lowest BCUT2D eigenvalue weighted by Gasteiger charge is -2.34. The predicted molar refractivity (Wildman–Crippen MR) is 100 cm³/mol. The Hall–Kier alpha value is -2.37. The van der Waals surface area contributed by atoms with Crippen molar-refractivity contribution in [2.75, 3.05) is 20.2 Å². The highest BCUT2D eigenvalue weighted by Gasteiger charge is 2.31. The predicted octanol–water partition coefficient (Wildman–Crippen LogP) is 3.85. The van der Waals surface area contributed by atoms with Crippen LogP contribution in [0, 0.1) is 11.7 Å². The van der Waals surface area contributed by atoms with Gasteiger partial charge in [0.2, 0.25) is 0 Å². The number of hydrogen-bond donors (Lipinski definition) is 0. The quantitative estimate of drug-likeness (QED) is 0.802. The Kier molecular flexibility index (Phi) is 5.14. The fourth-order valence-electron chi connectivity index (χ4n) is 4.20. The standard InChI is InChI=1S/C21H26FN3O2/c1-27-18-9-3-8-17(22)19(18)21(26)25-11-4-7-16(14-25)20-23-10-12-24(20)13-15-5-2-6-15/h3,8-10,12,15-16H,2,4-7,11,13-14H2,1H3. The molecule has 1 aromatic carbocycles. The second-order valence-corrected chi connectivity index (χ2v) is 7.64. The van der Waals surface area contributed by atoms with Crippen molar-refractivity contribution in [3.63, 3.8) is 0 Å². The van der Waals surface area contributed by atoms with Crippen LogP contribution in [0.25, 0.3) is 0 Å². The van der Waals surface area contributed by atoms with Crippen LogP contribution in [0.15, 0.2) is 30.6 Å². The number of likely N-dealkylation sites (tertiary alicyclic amines) is 1. The number of benzene rings is 1. The van der Waals surface area contributed by atoms with Crippen LogP contribution in [-0.4, -0.2) is 40.6 Å². The minimum atomic E-state index is -0.534. The zero-order valence-corrected chi connectivity index (χ0v) is 15.7. The van der Waals surface area contributed by atoms with Crippen LogP contribution >= 0.6 is 0 Å². The van der Waals surface area contributed by atoms with Gasteiger partial charge in [-0.05, 0) is 43.7 Å². The van der Waals surface area contributed by atoms with Gasteiger partial charge in [0.15, 0.2) is 0 Å². The number of carbonyl (C=O) groups is 1. The lowest BCUT2D eigenvalue weighted by molar-refractivity contribution is 0.0694. The molecule has 1 aromatic heterocycles. The van der Waals surface area contributed by atoms with E-state index in [9.17, 15) is 9.18 Å². The molecule has 1 saturated carbocycles. The highest BCUT2D eigenvalue weighted by atomic mass is 19.1. The van der Waals surface area contributed by atoms with Gasteiger partial charge in [0.1, 0.15) is 23.0 Å². The first kappa shape index (κ1) is 18.0. The fourth-order valence-corrected chi connectivity index (χ4v) is 4.20. The van der Waals surface area contributed by atoms with Gasteiger partial charge in [0, 0.05) is 37.9 Å². The molecule has 2 heterocycles. The van der Waals surface area contributed by atoms with Crippen molar-refractivity contribution in [1.29, 1.82) is 0 Å². The summed E-state index contributed by atoms with van der Waals surface area (Å²) in [5.74, 6) is 1.45. The largest absolute Gasteiger partial charge is 0.496 e. The number of halogens is 1. The molecule has 4 rings (SSSR count). The van der Waals surface area contributed by atoms with E-state index in [4.69, 9.17) is 4.74 Å². The van der Waals surface area contributed by atoms with Gasteiger partial charge >= 0.3 is 0 Å². The maximum atomic E-state index is 14.3. The molecule has 0 bridgehead atoms. The van der Waals surface area contributed by atoms with Crippen molar-refractivity contribution in [2.45, 2.75) is 44.6 Å². The van der Waals surface area contributed by atoms with Crippen molar-refractivity contribution < 1.29 is 13.9 Å². The van der Waals surface area contributed by atoms with Gasteiger partial charge in [-0.3, -0.25) is 4.79 Å². The molecule has 5 nitrogen and oxygen atoms in total. The van der Waals surface area contributed by atoms with E-state index in [0.717, 1.165) is 31.1 Å². The third-order valence-corrected chi connectivity index (χ3v) is 5.91. The van der Waals surface area contributed by atoms with E-state index in [0.29, 0.717) is 13.1 Å². The number of piperidine rings is 1. The number of amides is 1. The first-order valence-corrected chi connectivity index (χ1v) is 9.80. The average molecular weight is 371 g/mol. The maximum Gasteiger partial charge on any atom is 0.260 e. The first-order chi connectivity index (χ1) is 13.2. The molecule has 2 aromatic rings. The second-order valence-electron chi connectivity index (χ2n) is 7.64. The highest BCUT2D eigenvalue weighted by Crippen LogP contribution is 2.32. The Labute approximate surface area is 159 Å². The van der Waals surface area contributed by atoms with Crippen LogP contribution < -0.4 is 4.74 Å². The number of hydrogen-bond acceptors (Lipinski definition) is 3. The summed E-state index contributed by atoms with van der Waals surface area (Å²) in [6.45, 7) is 2.22. The Balaban J connectivity index is 1.52. The highest BCUT2D eigenvalue weighted by molar-refractivity contribution is 5.97. The molecule has 0 N–H and O–H groups in total. The lowest BCUT2D eigenvalue weighted by atomic mass is 9.85. The van der Waals surface area contributed by atoms with Gasteiger partial charge in [-0.25, -0.2) is 9.37 Å². The molecule has 0 radical (unpaired) electrons. The van der Waals surface area contributed by atoms with Crippen LogP contribution in [0.5, 0.6) is 5.75 Å². The van der Waals surface area contributed by atoms with Crippen LogP contribution in [0.1, 0.15) is 54.2 Å². The van der Waals surface area contributed by atoms with E-state index in [2.05, 4.69) is 9.55 Å². The number of rotatable bonds is 5. The van der Waals surface area contributed by atoms with Crippen molar-refractivity contribution >= 4 is 5.91 Å². The first-order valence-electron chi connectivity index (χ1n) is 9.80. The van der Waals surface area contributed by atoms with Gasteiger partial charge < -0.3 is 14.2 Å². The fraction of sp³-hybridized carbons (Fsp3) is 0.524. The molecule has 1 aliphatic carbocycles. The minimum absolute atomic E-state index is 0.0264. The molecular weight excluding hydrogens is 345 g/mol. The summed E-state index contributed by atoms with van der Waals surface area (Å²) in [5, 5.41) is 0. The third kappa shape index (κ3) is 3.57. The van der Waals surface area contributed by atoms with Crippen molar-refractivity contribution in [2.24, 2.45) is 5.92 Å². The molecule has 1 saturated heterocycles. The molecule has 144 valence electrons. The van der Waals surface area contributed by atoms with Gasteiger partial charge in [-0.15, -0.1) is 0 Å². The van der Waals surface area contributed by atoms with Crippen LogP contribution in [-0.2, 0) is 6.54 Å². The Morgan fingerprint density at radius 3 is 2.89 bits per heavy atom. The smallest absolute Gasteiger partial charge is 0.260 e. The number of nitrogens with zero attached hydrogens (tertiary/aromatic N) is 3. The molecule has 1 amide bonds. The average Bonchev–Trinajstić information content (AvgIpc) is 3.12. The molecule has 1 aliphatic heterocycles. The van der Waals surface area contributed by atoms with Crippen molar-refractivity contribution in [3.8, 4) is 5.75 Å².